The fraction of sp³-hybridized carbons (Fsp3) is 0.263. The smallest absolute Gasteiger partial charge is 0.224 e. The van der Waals surface area contributed by atoms with Crippen LogP contribution in [0.5, 0.6) is 0 Å². The number of benzene rings is 1. The number of thiophene rings is 1. The predicted molar refractivity (Wildman–Crippen MR) is 101 cm³/mol. The Balaban J connectivity index is 1.33. The van der Waals surface area contributed by atoms with E-state index in [9.17, 15) is 4.79 Å². The van der Waals surface area contributed by atoms with Crippen molar-refractivity contribution in [3.63, 3.8) is 0 Å². The highest BCUT2D eigenvalue weighted by Gasteiger charge is 2.25. The predicted octanol–water partition coefficient (Wildman–Crippen LogP) is 3.08. The summed E-state index contributed by atoms with van der Waals surface area (Å²) < 4.78 is 0. The van der Waals surface area contributed by atoms with Crippen LogP contribution in [0.25, 0.3) is 10.6 Å². The van der Waals surface area contributed by atoms with Crippen LogP contribution < -0.4 is 10.2 Å². The van der Waals surface area contributed by atoms with Gasteiger partial charge in [0.1, 0.15) is 0 Å². The number of carbonyl (C=O) groups is 1. The maximum atomic E-state index is 12.2. The third kappa shape index (κ3) is 3.74. The molecular formula is C19H20N4OS. The summed E-state index contributed by atoms with van der Waals surface area (Å²) in [4.78, 5) is 15.6. The standard InChI is InChI=1S/C19H20N4OS/c24-19(11-14-5-2-1-3-6-14)20-15-8-9-23(13-15)18-12-16(21-22-18)17-7-4-10-25-17/h1-7,10,12,15H,8-9,11,13H2,(H,20,24)(H,21,22)/t15-/m0/s1. The molecule has 0 saturated carbocycles. The van der Waals surface area contributed by atoms with Gasteiger partial charge in [-0.25, -0.2) is 0 Å². The first-order valence-corrected chi connectivity index (χ1v) is 9.33. The van der Waals surface area contributed by atoms with Crippen molar-refractivity contribution in [2.45, 2.75) is 18.9 Å². The Morgan fingerprint density at radius 3 is 2.96 bits per heavy atom. The summed E-state index contributed by atoms with van der Waals surface area (Å²) in [6.45, 7) is 1.71. The molecule has 1 saturated heterocycles. The van der Waals surface area contributed by atoms with Crippen LogP contribution in [0.15, 0.2) is 53.9 Å². The van der Waals surface area contributed by atoms with Gasteiger partial charge in [-0.05, 0) is 23.4 Å². The molecule has 6 heteroatoms. The summed E-state index contributed by atoms with van der Waals surface area (Å²) in [6.07, 6.45) is 1.38. The van der Waals surface area contributed by atoms with Crippen LogP contribution in [-0.4, -0.2) is 35.2 Å². The van der Waals surface area contributed by atoms with Crippen molar-refractivity contribution in [3.8, 4) is 10.6 Å². The Morgan fingerprint density at radius 2 is 2.16 bits per heavy atom. The second-order valence-corrected chi connectivity index (χ2v) is 7.23. The minimum Gasteiger partial charge on any atom is -0.353 e. The number of anilines is 1. The van der Waals surface area contributed by atoms with E-state index >= 15 is 0 Å². The number of amides is 1. The number of aromatic nitrogens is 2. The minimum atomic E-state index is 0.0827. The topological polar surface area (TPSA) is 61.0 Å². The molecule has 0 aliphatic carbocycles. The number of hydrogen-bond acceptors (Lipinski definition) is 4. The Morgan fingerprint density at radius 1 is 1.28 bits per heavy atom. The maximum absolute atomic E-state index is 12.2. The molecule has 1 amide bonds. The molecule has 1 aliphatic heterocycles. The second kappa shape index (κ2) is 7.11. The van der Waals surface area contributed by atoms with E-state index in [0.717, 1.165) is 36.6 Å². The molecule has 3 heterocycles. The van der Waals surface area contributed by atoms with Gasteiger partial charge in [0.05, 0.1) is 17.0 Å². The highest BCUT2D eigenvalue weighted by Crippen LogP contribution is 2.27. The van der Waals surface area contributed by atoms with Gasteiger partial charge in [0, 0.05) is 25.2 Å². The first-order valence-electron chi connectivity index (χ1n) is 8.45. The van der Waals surface area contributed by atoms with Gasteiger partial charge < -0.3 is 10.2 Å². The zero-order chi connectivity index (χ0) is 17.1. The van der Waals surface area contributed by atoms with Crippen LogP contribution in [0.2, 0.25) is 0 Å². The zero-order valence-electron chi connectivity index (χ0n) is 13.8. The Labute approximate surface area is 150 Å². The molecule has 1 atom stereocenters. The van der Waals surface area contributed by atoms with Gasteiger partial charge in [-0.1, -0.05) is 36.4 Å². The van der Waals surface area contributed by atoms with Gasteiger partial charge in [0.2, 0.25) is 5.91 Å². The number of rotatable bonds is 5. The lowest BCUT2D eigenvalue weighted by molar-refractivity contribution is -0.121. The summed E-state index contributed by atoms with van der Waals surface area (Å²) in [5, 5.41) is 12.7. The first-order chi connectivity index (χ1) is 12.3. The molecule has 2 aromatic heterocycles. The number of nitrogens with zero attached hydrogens (tertiary/aromatic N) is 2. The van der Waals surface area contributed by atoms with E-state index in [4.69, 9.17) is 0 Å². The summed E-state index contributed by atoms with van der Waals surface area (Å²) in [5.74, 6) is 1.03. The van der Waals surface area contributed by atoms with Crippen LogP contribution in [-0.2, 0) is 11.2 Å². The summed E-state index contributed by atoms with van der Waals surface area (Å²) in [7, 11) is 0. The lowest BCUT2D eigenvalue weighted by atomic mass is 10.1. The van der Waals surface area contributed by atoms with Crippen molar-refractivity contribution in [1.82, 2.24) is 15.5 Å². The Hall–Kier alpha value is -2.60. The van der Waals surface area contributed by atoms with Crippen molar-refractivity contribution in [2.75, 3.05) is 18.0 Å². The third-order valence-electron chi connectivity index (χ3n) is 4.44. The Kier molecular flexibility index (Phi) is 4.52. The van der Waals surface area contributed by atoms with E-state index in [1.54, 1.807) is 11.3 Å². The Bertz CT molecular complexity index is 828. The van der Waals surface area contributed by atoms with Gasteiger partial charge in [-0.15, -0.1) is 11.3 Å². The van der Waals surface area contributed by atoms with Gasteiger partial charge in [-0.2, -0.15) is 5.10 Å². The number of carbonyl (C=O) groups excluding carboxylic acids is 1. The van der Waals surface area contributed by atoms with E-state index in [1.165, 1.54) is 4.88 Å². The molecule has 0 bridgehead atoms. The van der Waals surface area contributed by atoms with Crippen LogP contribution in [0.1, 0.15) is 12.0 Å². The number of hydrogen-bond donors (Lipinski definition) is 2. The van der Waals surface area contributed by atoms with Gasteiger partial charge in [0.25, 0.3) is 0 Å². The van der Waals surface area contributed by atoms with E-state index < -0.39 is 0 Å². The van der Waals surface area contributed by atoms with Crippen molar-refractivity contribution < 1.29 is 4.79 Å². The van der Waals surface area contributed by atoms with E-state index in [0.29, 0.717) is 6.42 Å². The summed E-state index contributed by atoms with van der Waals surface area (Å²) in [5.41, 5.74) is 2.09. The normalized spacial score (nSPS) is 17.0. The molecule has 2 N–H and O–H groups in total. The number of aromatic amines is 1. The largest absolute Gasteiger partial charge is 0.353 e. The summed E-state index contributed by atoms with van der Waals surface area (Å²) in [6, 6.07) is 16.2. The van der Waals surface area contributed by atoms with Crippen molar-refractivity contribution in [3.05, 3.63) is 59.5 Å². The van der Waals surface area contributed by atoms with Gasteiger partial charge in [-0.3, -0.25) is 9.89 Å². The lowest BCUT2D eigenvalue weighted by Crippen LogP contribution is -2.38. The molecule has 0 unspecified atom stereocenters. The molecule has 3 aromatic rings. The van der Waals surface area contributed by atoms with E-state index in [2.05, 4.69) is 37.9 Å². The molecule has 1 aromatic carbocycles. The third-order valence-corrected chi connectivity index (χ3v) is 5.34. The lowest BCUT2D eigenvalue weighted by Gasteiger charge is -2.16. The van der Waals surface area contributed by atoms with Gasteiger partial charge >= 0.3 is 0 Å². The number of H-pyrrole nitrogens is 1. The summed E-state index contributed by atoms with van der Waals surface area (Å²) >= 11 is 1.69. The monoisotopic (exact) mass is 352 g/mol. The molecule has 1 fully saturated rings. The molecule has 0 spiro atoms. The quantitative estimate of drug-likeness (QED) is 0.742. The first kappa shape index (κ1) is 15.9. The molecule has 1 aliphatic rings. The van der Waals surface area contributed by atoms with Crippen molar-refractivity contribution in [1.29, 1.82) is 0 Å². The SMILES string of the molecule is O=C(Cc1ccccc1)N[C@H]1CCN(c2cc(-c3cccs3)[nH]n2)C1. The number of nitrogens with one attached hydrogen (secondary N) is 2. The highest BCUT2D eigenvalue weighted by molar-refractivity contribution is 7.13. The average molecular weight is 352 g/mol. The van der Waals surface area contributed by atoms with Crippen LogP contribution in [0.3, 0.4) is 0 Å². The molecule has 25 heavy (non-hydrogen) atoms. The fourth-order valence-electron chi connectivity index (χ4n) is 3.18. The molecule has 5 nitrogen and oxygen atoms in total. The molecule has 128 valence electrons. The van der Waals surface area contributed by atoms with Crippen molar-refractivity contribution in [2.24, 2.45) is 0 Å². The minimum absolute atomic E-state index is 0.0827. The molecular weight excluding hydrogens is 332 g/mol. The van der Waals surface area contributed by atoms with Crippen LogP contribution in [0.4, 0.5) is 5.82 Å². The average Bonchev–Trinajstić information content (AvgIpc) is 3.36. The molecule has 4 rings (SSSR count). The van der Waals surface area contributed by atoms with Crippen LogP contribution in [0, 0.1) is 0 Å². The zero-order valence-corrected chi connectivity index (χ0v) is 14.6. The molecule has 0 radical (unpaired) electrons. The van der Waals surface area contributed by atoms with E-state index in [-0.39, 0.29) is 11.9 Å². The second-order valence-electron chi connectivity index (χ2n) is 6.28. The fourth-order valence-corrected chi connectivity index (χ4v) is 3.87. The van der Waals surface area contributed by atoms with E-state index in [1.807, 2.05) is 36.4 Å². The van der Waals surface area contributed by atoms with Crippen molar-refractivity contribution >= 4 is 23.1 Å². The van der Waals surface area contributed by atoms with Gasteiger partial charge in [0.15, 0.2) is 5.82 Å². The highest BCUT2D eigenvalue weighted by atomic mass is 32.1. The van der Waals surface area contributed by atoms with Crippen LogP contribution >= 0.6 is 11.3 Å². The maximum Gasteiger partial charge on any atom is 0.224 e.